The lowest BCUT2D eigenvalue weighted by atomic mass is 10.1. The maximum absolute atomic E-state index is 12.3. The summed E-state index contributed by atoms with van der Waals surface area (Å²) in [6, 6.07) is 5.42. The molecule has 7 nitrogen and oxygen atoms in total. The molecule has 0 unspecified atom stereocenters. The van der Waals surface area contributed by atoms with Crippen molar-refractivity contribution in [1.82, 2.24) is 9.62 Å². The molecule has 0 spiro atoms. The van der Waals surface area contributed by atoms with Crippen LogP contribution < -0.4 is 4.72 Å². The summed E-state index contributed by atoms with van der Waals surface area (Å²) in [6.45, 7) is 4.95. The third kappa shape index (κ3) is 4.51. The topological polar surface area (TPSA) is 95.9 Å². The molecule has 1 fully saturated rings. The summed E-state index contributed by atoms with van der Waals surface area (Å²) >= 11 is 0. The van der Waals surface area contributed by atoms with Gasteiger partial charge in [-0.15, -0.1) is 0 Å². The van der Waals surface area contributed by atoms with Crippen LogP contribution in [0.4, 0.5) is 0 Å². The van der Waals surface area contributed by atoms with E-state index in [1.165, 1.54) is 24.0 Å². The van der Waals surface area contributed by atoms with Gasteiger partial charge in [0.2, 0.25) is 10.0 Å². The zero-order valence-corrected chi connectivity index (χ0v) is 14.0. The largest absolute Gasteiger partial charge is 0.382 e. The van der Waals surface area contributed by atoms with Gasteiger partial charge in [-0.05, 0) is 26.0 Å². The Morgan fingerprint density at radius 1 is 1.26 bits per heavy atom. The van der Waals surface area contributed by atoms with E-state index in [1.54, 1.807) is 12.1 Å². The molecular weight excluding hydrogens is 320 g/mol. The fourth-order valence-electron chi connectivity index (χ4n) is 2.28. The predicted molar refractivity (Wildman–Crippen MR) is 84.4 cm³/mol. The molecule has 1 aliphatic rings. The van der Waals surface area contributed by atoms with E-state index in [4.69, 9.17) is 4.74 Å². The first-order valence-electron chi connectivity index (χ1n) is 7.45. The van der Waals surface area contributed by atoms with Crippen molar-refractivity contribution in [2.75, 3.05) is 26.3 Å². The van der Waals surface area contributed by atoms with Crippen molar-refractivity contribution in [3.63, 3.8) is 0 Å². The number of aliphatic hydroxyl groups excluding tert-OH is 1. The maximum atomic E-state index is 12.3. The highest BCUT2D eigenvalue weighted by atomic mass is 32.2. The number of amides is 1. The molecule has 128 valence electrons. The molecule has 0 aliphatic carbocycles. The molecule has 2 atom stereocenters. The van der Waals surface area contributed by atoms with Crippen LogP contribution in [-0.4, -0.2) is 62.8 Å². The van der Waals surface area contributed by atoms with Crippen LogP contribution in [0, 0.1) is 6.92 Å². The van der Waals surface area contributed by atoms with Crippen LogP contribution in [0.25, 0.3) is 0 Å². The lowest BCUT2D eigenvalue weighted by Gasteiger charge is -2.30. The van der Waals surface area contributed by atoms with E-state index in [0.717, 1.165) is 5.56 Å². The Bertz CT molecular complexity index is 638. The number of carbonyl (C=O) groups is 1. The van der Waals surface area contributed by atoms with Gasteiger partial charge in [-0.1, -0.05) is 17.7 Å². The van der Waals surface area contributed by atoms with Crippen LogP contribution in [0.3, 0.4) is 0 Å². The van der Waals surface area contributed by atoms with E-state index in [1.807, 2.05) is 6.92 Å². The van der Waals surface area contributed by atoms with E-state index >= 15 is 0 Å². The molecule has 0 aromatic heterocycles. The van der Waals surface area contributed by atoms with Crippen LogP contribution in [0.15, 0.2) is 29.2 Å². The van der Waals surface area contributed by atoms with E-state index in [9.17, 15) is 18.3 Å². The van der Waals surface area contributed by atoms with Gasteiger partial charge in [0.1, 0.15) is 6.10 Å². The molecule has 1 saturated heterocycles. The first-order valence-corrected chi connectivity index (χ1v) is 8.93. The second kappa shape index (κ2) is 7.39. The first kappa shape index (κ1) is 17.9. The molecule has 2 N–H and O–H groups in total. The summed E-state index contributed by atoms with van der Waals surface area (Å²) in [7, 11) is -3.79. The molecule has 8 heteroatoms. The highest BCUT2D eigenvalue weighted by Gasteiger charge is 2.31. The SMILES string of the molecule is Cc1ccc(S(=O)(=O)N[C@@H](C)[C@@H](O)C(=O)N2CCOCC2)cc1. The van der Waals surface area contributed by atoms with E-state index in [0.29, 0.717) is 26.3 Å². The van der Waals surface area contributed by atoms with Crippen LogP contribution in [0.1, 0.15) is 12.5 Å². The third-order valence-electron chi connectivity index (χ3n) is 3.72. The van der Waals surface area contributed by atoms with Gasteiger partial charge >= 0.3 is 0 Å². The number of nitrogens with one attached hydrogen (secondary N) is 1. The van der Waals surface area contributed by atoms with Gasteiger partial charge in [0, 0.05) is 13.1 Å². The smallest absolute Gasteiger partial charge is 0.253 e. The van der Waals surface area contributed by atoms with Crippen molar-refractivity contribution in [2.45, 2.75) is 30.9 Å². The summed E-state index contributed by atoms with van der Waals surface area (Å²) in [5, 5.41) is 10.1. The number of carbonyl (C=O) groups excluding carboxylic acids is 1. The minimum Gasteiger partial charge on any atom is -0.382 e. The second-order valence-electron chi connectivity index (χ2n) is 5.61. The van der Waals surface area contributed by atoms with Crippen molar-refractivity contribution >= 4 is 15.9 Å². The molecule has 1 heterocycles. The maximum Gasteiger partial charge on any atom is 0.253 e. The molecule has 2 rings (SSSR count). The van der Waals surface area contributed by atoms with E-state index in [2.05, 4.69) is 4.72 Å². The molecule has 1 amide bonds. The normalized spacial score (nSPS) is 18.5. The molecular formula is C15H22N2O5S. The highest BCUT2D eigenvalue weighted by molar-refractivity contribution is 7.89. The van der Waals surface area contributed by atoms with Crippen molar-refractivity contribution in [3.8, 4) is 0 Å². The average Bonchev–Trinajstić information content (AvgIpc) is 2.54. The number of hydrogen-bond donors (Lipinski definition) is 2. The Balaban J connectivity index is 2.03. The van der Waals surface area contributed by atoms with Crippen molar-refractivity contribution in [2.24, 2.45) is 0 Å². The molecule has 0 saturated carbocycles. The third-order valence-corrected chi connectivity index (χ3v) is 5.30. The quantitative estimate of drug-likeness (QED) is 0.778. The molecule has 0 radical (unpaired) electrons. The second-order valence-corrected chi connectivity index (χ2v) is 7.32. The van der Waals surface area contributed by atoms with Crippen LogP contribution in [0.5, 0.6) is 0 Å². The molecule has 1 aliphatic heterocycles. The number of nitrogens with zero attached hydrogens (tertiary/aromatic N) is 1. The van der Waals surface area contributed by atoms with E-state index in [-0.39, 0.29) is 4.90 Å². The number of rotatable bonds is 5. The number of hydrogen-bond acceptors (Lipinski definition) is 5. The van der Waals surface area contributed by atoms with Crippen molar-refractivity contribution in [3.05, 3.63) is 29.8 Å². The molecule has 23 heavy (non-hydrogen) atoms. The Hall–Kier alpha value is -1.48. The van der Waals surface area contributed by atoms with Crippen LogP contribution in [-0.2, 0) is 19.6 Å². The van der Waals surface area contributed by atoms with Crippen LogP contribution >= 0.6 is 0 Å². The van der Waals surface area contributed by atoms with Gasteiger partial charge in [0.25, 0.3) is 5.91 Å². The van der Waals surface area contributed by atoms with Gasteiger partial charge in [-0.2, -0.15) is 0 Å². The summed E-state index contributed by atoms with van der Waals surface area (Å²) in [6.07, 6.45) is -1.44. The highest BCUT2D eigenvalue weighted by Crippen LogP contribution is 2.12. The number of aliphatic hydroxyl groups is 1. The summed E-state index contributed by atoms with van der Waals surface area (Å²) in [4.78, 5) is 13.8. The summed E-state index contributed by atoms with van der Waals surface area (Å²) in [5.74, 6) is -0.493. The number of aryl methyl sites for hydroxylation is 1. The Labute approximate surface area is 136 Å². The molecule has 1 aromatic carbocycles. The zero-order chi connectivity index (χ0) is 17.0. The zero-order valence-electron chi connectivity index (χ0n) is 13.2. The summed E-state index contributed by atoms with van der Waals surface area (Å²) < 4.78 is 32.1. The minimum absolute atomic E-state index is 0.0981. The Morgan fingerprint density at radius 3 is 2.39 bits per heavy atom. The fourth-order valence-corrected chi connectivity index (χ4v) is 3.53. The van der Waals surface area contributed by atoms with Gasteiger partial charge in [0.15, 0.2) is 0 Å². The predicted octanol–water partition coefficient (Wildman–Crippen LogP) is -0.118. The van der Waals surface area contributed by atoms with Gasteiger partial charge in [-0.25, -0.2) is 13.1 Å². The van der Waals surface area contributed by atoms with Gasteiger partial charge < -0.3 is 14.7 Å². The number of benzene rings is 1. The lowest BCUT2D eigenvalue weighted by molar-refractivity contribution is -0.145. The van der Waals surface area contributed by atoms with Gasteiger partial charge in [-0.3, -0.25) is 4.79 Å². The van der Waals surface area contributed by atoms with Crippen molar-refractivity contribution in [1.29, 1.82) is 0 Å². The average molecular weight is 342 g/mol. The Morgan fingerprint density at radius 2 is 1.83 bits per heavy atom. The molecule has 1 aromatic rings. The van der Waals surface area contributed by atoms with Crippen molar-refractivity contribution < 1.29 is 23.1 Å². The first-order chi connectivity index (χ1) is 10.8. The fraction of sp³-hybridized carbons (Fsp3) is 0.533. The minimum atomic E-state index is -3.79. The lowest BCUT2D eigenvalue weighted by Crippen LogP contribution is -2.52. The standard InChI is InChI=1S/C15H22N2O5S/c1-11-3-5-13(6-4-11)23(20,21)16-12(2)14(18)15(19)17-7-9-22-10-8-17/h3-6,12,14,16,18H,7-10H2,1-2H3/t12-,14+/m0/s1. The number of ether oxygens (including phenoxy) is 1. The number of morpholine rings is 1. The monoisotopic (exact) mass is 342 g/mol. The van der Waals surface area contributed by atoms with Gasteiger partial charge in [0.05, 0.1) is 24.2 Å². The summed E-state index contributed by atoms with van der Waals surface area (Å²) in [5.41, 5.74) is 0.944. The molecule has 0 bridgehead atoms. The van der Waals surface area contributed by atoms with E-state index < -0.39 is 28.1 Å². The number of sulfonamides is 1. The Kier molecular flexibility index (Phi) is 5.74. The van der Waals surface area contributed by atoms with Crippen LogP contribution in [0.2, 0.25) is 0 Å².